The molecule has 2 nitrogen and oxygen atoms in total. The lowest BCUT2D eigenvalue weighted by atomic mass is 9.49. The summed E-state index contributed by atoms with van der Waals surface area (Å²) in [4.78, 5) is 0. The number of hydrogen-bond donors (Lipinski definition) is 2. The first-order valence-electron chi connectivity index (χ1n) is 10.4. The normalized spacial score (nSPS) is 53.9. The lowest BCUT2D eigenvalue weighted by Gasteiger charge is -2.57. The van der Waals surface area contributed by atoms with Gasteiger partial charge in [0.1, 0.15) is 5.60 Å². The van der Waals surface area contributed by atoms with E-state index in [-0.39, 0.29) is 23.9 Å². The number of halogens is 2. The molecule has 0 radical (unpaired) electrons. The van der Waals surface area contributed by atoms with Crippen LogP contribution >= 0.6 is 0 Å². The number of aliphatic hydroxyl groups is 2. The van der Waals surface area contributed by atoms with Crippen molar-refractivity contribution in [3.05, 3.63) is 0 Å². The van der Waals surface area contributed by atoms with E-state index in [0.717, 1.165) is 25.7 Å². The smallest absolute Gasteiger partial charge is 0.266 e. The average molecular weight is 356 g/mol. The van der Waals surface area contributed by atoms with Crippen molar-refractivity contribution in [3.8, 4) is 0 Å². The van der Waals surface area contributed by atoms with Crippen molar-refractivity contribution >= 4 is 0 Å². The van der Waals surface area contributed by atoms with E-state index in [0.29, 0.717) is 36.0 Å². The third-order valence-electron chi connectivity index (χ3n) is 9.11. The Morgan fingerprint density at radius 2 is 1.64 bits per heavy atom. The predicted octanol–water partition coefficient (Wildman–Crippen LogP) is 4.63. The molecule has 0 aromatic carbocycles. The van der Waals surface area contributed by atoms with Crippen LogP contribution < -0.4 is 0 Å². The van der Waals surface area contributed by atoms with Gasteiger partial charge in [-0.1, -0.05) is 6.92 Å². The topological polar surface area (TPSA) is 40.5 Å². The quantitative estimate of drug-likeness (QED) is 0.757. The summed E-state index contributed by atoms with van der Waals surface area (Å²) in [6, 6.07) is 0. The highest BCUT2D eigenvalue weighted by molar-refractivity contribution is 5.08. The minimum absolute atomic E-state index is 0.224. The molecule has 4 saturated carbocycles. The van der Waals surface area contributed by atoms with Crippen molar-refractivity contribution in [2.75, 3.05) is 0 Å². The molecule has 144 valence electrons. The monoisotopic (exact) mass is 356 g/mol. The molecule has 0 amide bonds. The largest absolute Gasteiger partial charge is 0.393 e. The summed E-state index contributed by atoms with van der Waals surface area (Å²) in [6.07, 6.45) is 5.39. The first kappa shape index (κ1) is 18.2. The van der Waals surface area contributed by atoms with Crippen LogP contribution in [0.25, 0.3) is 0 Å². The average Bonchev–Trinajstić information content (AvgIpc) is 2.91. The van der Waals surface area contributed by atoms with Gasteiger partial charge in [-0.15, -0.1) is 0 Å². The van der Waals surface area contributed by atoms with Gasteiger partial charge in [0.15, 0.2) is 0 Å². The highest BCUT2D eigenvalue weighted by Crippen LogP contribution is 2.65. The number of rotatable bonds is 2. The highest BCUT2D eigenvalue weighted by atomic mass is 19.3. The van der Waals surface area contributed by atoms with E-state index in [9.17, 15) is 19.0 Å². The molecular formula is C21H34F2O2. The molecule has 0 aromatic heterocycles. The third-order valence-corrected chi connectivity index (χ3v) is 9.11. The zero-order chi connectivity index (χ0) is 18.0. The maximum atomic E-state index is 13.3. The predicted molar refractivity (Wildman–Crippen MR) is 93.2 cm³/mol. The first-order chi connectivity index (χ1) is 11.8. The van der Waals surface area contributed by atoms with Crippen molar-refractivity contribution in [3.63, 3.8) is 0 Å². The number of hydrogen-bond acceptors (Lipinski definition) is 2. The van der Waals surface area contributed by atoms with Gasteiger partial charge >= 0.3 is 0 Å². The zero-order valence-electron chi connectivity index (χ0n) is 15.6. The van der Waals surface area contributed by atoms with E-state index >= 15 is 0 Å². The summed E-state index contributed by atoms with van der Waals surface area (Å²) in [6.45, 7) is 4.36. The van der Waals surface area contributed by atoms with Crippen LogP contribution in [0.2, 0.25) is 0 Å². The lowest BCUT2D eigenvalue weighted by molar-refractivity contribution is -0.160. The molecule has 0 aliphatic heterocycles. The van der Waals surface area contributed by atoms with Gasteiger partial charge < -0.3 is 10.2 Å². The van der Waals surface area contributed by atoms with Gasteiger partial charge in [0.25, 0.3) is 6.43 Å². The Bertz CT molecular complexity index is 510. The SMILES string of the molecule is CC(O)[C@H]1CC[C@H]2[C@@H]3CC[C@H]4C[C@](O)(C(F)F)CC[C@@H]4[C@H]3CC[C@]12C. The van der Waals surface area contributed by atoms with Crippen LogP contribution in [0.3, 0.4) is 0 Å². The Morgan fingerprint density at radius 1 is 0.920 bits per heavy atom. The Kier molecular flexibility index (Phi) is 4.47. The van der Waals surface area contributed by atoms with Gasteiger partial charge in [-0.3, -0.25) is 0 Å². The molecule has 1 unspecified atom stereocenters. The number of aliphatic hydroxyl groups excluding tert-OH is 1. The molecule has 0 heterocycles. The Morgan fingerprint density at radius 3 is 2.32 bits per heavy atom. The van der Waals surface area contributed by atoms with E-state index < -0.39 is 12.0 Å². The molecule has 2 N–H and O–H groups in total. The second-order valence-electron chi connectivity index (χ2n) is 10.1. The van der Waals surface area contributed by atoms with Crippen molar-refractivity contribution in [2.24, 2.45) is 40.9 Å². The molecule has 4 rings (SSSR count). The molecule has 4 aliphatic rings. The fourth-order valence-electron chi connectivity index (χ4n) is 7.94. The standard InChI is InChI=1S/C21H34F2O2/c1-12(24)17-5-6-18-16-4-3-13-11-21(25,19(22)23)10-8-14(13)15(16)7-9-20(17,18)2/h12-19,24-25H,3-11H2,1-2H3/t12?,13-,14-,15+,16+,17+,18-,20+,21-/m0/s1. The molecule has 9 atom stereocenters. The van der Waals surface area contributed by atoms with Crippen LogP contribution in [0.15, 0.2) is 0 Å². The highest BCUT2D eigenvalue weighted by Gasteiger charge is 2.59. The van der Waals surface area contributed by atoms with E-state index in [1.165, 1.54) is 19.3 Å². The second-order valence-corrected chi connectivity index (χ2v) is 10.1. The first-order valence-corrected chi connectivity index (χ1v) is 10.4. The second kappa shape index (κ2) is 6.15. The van der Waals surface area contributed by atoms with Crippen LogP contribution in [0, 0.1) is 40.9 Å². The molecule has 0 spiro atoms. The van der Waals surface area contributed by atoms with Gasteiger partial charge in [-0.2, -0.15) is 0 Å². The zero-order valence-corrected chi connectivity index (χ0v) is 15.6. The fourth-order valence-corrected chi connectivity index (χ4v) is 7.94. The third kappa shape index (κ3) is 2.69. The molecule has 4 heteroatoms. The van der Waals surface area contributed by atoms with Crippen molar-refractivity contribution in [1.29, 1.82) is 0 Å². The van der Waals surface area contributed by atoms with Gasteiger partial charge in [-0.25, -0.2) is 8.78 Å². The molecule has 4 fully saturated rings. The van der Waals surface area contributed by atoms with Crippen molar-refractivity contribution in [2.45, 2.75) is 89.8 Å². The van der Waals surface area contributed by atoms with Crippen LogP contribution in [-0.2, 0) is 0 Å². The Labute approximate surface area is 150 Å². The van der Waals surface area contributed by atoms with Crippen molar-refractivity contribution < 1.29 is 19.0 Å². The van der Waals surface area contributed by atoms with Crippen LogP contribution in [-0.4, -0.2) is 28.3 Å². The van der Waals surface area contributed by atoms with Gasteiger partial charge in [0.2, 0.25) is 0 Å². The van der Waals surface area contributed by atoms with Crippen molar-refractivity contribution in [1.82, 2.24) is 0 Å². The summed E-state index contributed by atoms with van der Waals surface area (Å²) in [5, 5.41) is 20.5. The molecule has 4 aliphatic carbocycles. The maximum absolute atomic E-state index is 13.3. The maximum Gasteiger partial charge on any atom is 0.266 e. The van der Waals surface area contributed by atoms with Gasteiger partial charge in [-0.05, 0) is 106 Å². The summed E-state index contributed by atoms with van der Waals surface area (Å²) >= 11 is 0. The van der Waals surface area contributed by atoms with E-state index in [1.54, 1.807) is 0 Å². The summed E-state index contributed by atoms with van der Waals surface area (Å²) in [5.41, 5.74) is -1.47. The summed E-state index contributed by atoms with van der Waals surface area (Å²) < 4.78 is 26.5. The molecule has 0 bridgehead atoms. The Balaban J connectivity index is 1.52. The number of alkyl halides is 2. The minimum Gasteiger partial charge on any atom is -0.393 e. The van der Waals surface area contributed by atoms with Crippen LogP contribution in [0.1, 0.15) is 71.6 Å². The van der Waals surface area contributed by atoms with Crippen LogP contribution in [0.4, 0.5) is 8.78 Å². The lowest BCUT2D eigenvalue weighted by Crippen LogP contribution is -2.53. The van der Waals surface area contributed by atoms with Gasteiger partial charge in [0.05, 0.1) is 6.10 Å². The molecule has 25 heavy (non-hydrogen) atoms. The Hall–Kier alpha value is -0.220. The molecular weight excluding hydrogens is 322 g/mol. The fraction of sp³-hybridized carbons (Fsp3) is 1.00. The van der Waals surface area contributed by atoms with E-state index in [2.05, 4.69) is 6.92 Å². The summed E-state index contributed by atoms with van der Waals surface area (Å²) in [7, 11) is 0. The van der Waals surface area contributed by atoms with E-state index in [4.69, 9.17) is 0 Å². The minimum atomic E-state index is -2.61. The van der Waals surface area contributed by atoms with Crippen LogP contribution in [0.5, 0.6) is 0 Å². The van der Waals surface area contributed by atoms with E-state index in [1.807, 2.05) is 6.92 Å². The van der Waals surface area contributed by atoms with Gasteiger partial charge in [0, 0.05) is 0 Å². The molecule has 0 aromatic rings. The molecule has 0 saturated heterocycles. The number of fused-ring (bicyclic) bond motifs is 5. The summed E-state index contributed by atoms with van der Waals surface area (Å²) in [5.74, 6) is 3.31.